The zero-order valence-corrected chi connectivity index (χ0v) is 14.8. The summed E-state index contributed by atoms with van der Waals surface area (Å²) < 4.78 is 1.93. The molecular weight excluding hydrogens is 326 g/mol. The highest BCUT2D eigenvalue weighted by Gasteiger charge is 2.29. The lowest BCUT2D eigenvalue weighted by Gasteiger charge is -2.27. The van der Waals surface area contributed by atoms with E-state index in [1.807, 2.05) is 46.9 Å². The summed E-state index contributed by atoms with van der Waals surface area (Å²) in [6.45, 7) is 3.90. The topological polar surface area (TPSA) is 54.3 Å². The van der Waals surface area contributed by atoms with Crippen LogP contribution in [0.15, 0.2) is 30.7 Å². The molecule has 0 aromatic carbocycles. The Balaban J connectivity index is 1.61. The van der Waals surface area contributed by atoms with E-state index in [-0.39, 0.29) is 11.9 Å². The van der Waals surface area contributed by atoms with Crippen LogP contribution in [0, 0.1) is 6.92 Å². The van der Waals surface area contributed by atoms with Gasteiger partial charge in [0.25, 0.3) is 0 Å². The van der Waals surface area contributed by atoms with Crippen LogP contribution in [0.4, 0.5) is 5.82 Å². The van der Waals surface area contributed by atoms with E-state index in [4.69, 9.17) is 11.6 Å². The third kappa shape index (κ3) is 3.87. The van der Waals surface area contributed by atoms with Crippen molar-refractivity contribution in [2.45, 2.75) is 32.4 Å². The van der Waals surface area contributed by atoms with Crippen molar-refractivity contribution in [1.82, 2.24) is 19.7 Å². The second-order valence-electron chi connectivity index (χ2n) is 6.31. The van der Waals surface area contributed by atoms with Crippen molar-refractivity contribution in [3.05, 3.63) is 41.3 Å². The van der Waals surface area contributed by atoms with E-state index in [1.165, 1.54) is 0 Å². The molecule has 1 aliphatic heterocycles. The Labute approximate surface area is 147 Å². The van der Waals surface area contributed by atoms with Crippen molar-refractivity contribution < 1.29 is 4.79 Å². The molecule has 1 saturated heterocycles. The molecule has 0 spiro atoms. The number of likely N-dealkylation sites (N-methyl/N-ethyl adjacent to an activating group) is 1. The normalized spacial score (nSPS) is 17.3. The van der Waals surface area contributed by atoms with Crippen molar-refractivity contribution in [1.29, 1.82) is 0 Å². The molecule has 0 saturated carbocycles. The number of anilines is 1. The number of carbonyl (C=O) groups excluding carboxylic acids is 1. The van der Waals surface area contributed by atoms with Gasteiger partial charge in [-0.3, -0.25) is 9.48 Å². The van der Waals surface area contributed by atoms with E-state index in [0.29, 0.717) is 11.6 Å². The number of halogens is 1. The zero-order valence-electron chi connectivity index (χ0n) is 14.0. The van der Waals surface area contributed by atoms with E-state index in [9.17, 15) is 4.79 Å². The molecule has 0 N–H and O–H groups in total. The number of aryl methyl sites for hydroxylation is 1. The summed E-state index contributed by atoms with van der Waals surface area (Å²) in [7, 11) is 1.87. The molecule has 2 aromatic heterocycles. The maximum Gasteiger partial charge on any atom is 0.242 e. The minimum atomic E-state index is 0.126. The Morgan fingerprint density at radius 3 is 2.92 bits per heavy atom. The minimum absolute atomic E-state index is 0.126. The van der Waals surface area contributed by atoms with Gasteiger partial charge in [0.2, 0.25) is 5.91 Å². The summed E-state index contributed by atoms with van der Waals surface area (Å²) in [4.78, 5) is 20.8. The van der Waals surface area contributed by atoms with E-state index >= 15 is 0 Å². The van der Waals surface area contributed by atoms with Crippen LogP contribution in [0.2, 0.25) is 5.02 Å². The second-order valence-corrected chi connectivity index (χ2v) is 6.75. The van der Waals surface area contributed by atoms with E-state index in [0.717, 1.165) is 37.3 Å². The standard InChI is InChI=1S/C17H22ClN5O/c1-13-8-20-22(10-13)11-15-4-3-7-23(15)17(24)12-21(2)16-6-5-14(18)9-19-16/h5-6,8-10,15H,3-4,7,11-12H2,1-2H3/t15-/m1/s1. The number of pyridine rings is 1. The van der Waals surface area contributed by atoms with Crippen molar-refractivity contribution >= 4 is 23.3 Å². The highest BCUT2D eigenvalue weighted by molar-refractivity contribution is 6.30. The number of aromatic nitrogens is 3. The molecule has 0 aliphatic carbocycles. The fraction of sp³-hybridized carbons (Fsp3) is 0.471. The summed E-state index contributed by atoms with van der Waals surface area (Å²) in [5.74, 6) is 0.867. The second kappa shape index (κ2) is 7.21. The van der Waals surface area contributed by atoms with Crippen molar-refractivity contribution in [3.63, 3.8) is 0 Å². The predicted molar refractivity (Wildman–Crippen MR) is 94.2 cm³/mol. The third-order valence-corrected chi connectivity index (χ3v) is 4.56. The molecule has 3 heterocycles. The number of amides is 1. The molecule has 6 nitrogen and oxygen atoms in total. The average Bonchev–Trinajstić information content (AvgIpc) is 3.17. The predicted octanol–water partition coefficient (Wildman–Crippen LogP) is 2.37. The van der Waals surface area contributed by atoms with Gasteiger partial charge in [-0.15, -0.1) is 0 Å². The highest BCUT2D eigenvalue weighted by Crippen LogP contribution is 2.20. The number of hydrogen-bond donors (Lipinski definition) is 0. The number of carbonyl (C=O) groups is 1. The molecular formula is C17H22ClN5O. The molecule has 7 heteroatoms. The van der Waals surface area contributed by atoms with Crippen LogP contribution < -0.4 is 4.90 Å². The molecule has 0 unspecified atom stereocenters. The van der Waals surface area contributed by atoms with Gasteiger partial charge in [0, 0.05) is 26.0 Å². The van der Waals surface area contributed by atoms with Crippen molar-refractivity contribution in [2.75, 3.05) is 25.0 Å². The number of hydrogen-bond acceptors (Lipinski definition) is 4. The Kier molecular flexibility index (Phi) is 5.04. The fourth-order valence-corrected chi connectivity index (χ4v) is 3.22. The molecule has 1 atom stereocenters. The SMILES string of the molecule is Cc1cnn(C[C@H]2CCCN2C(=O)CN(C)c2ccc(Cl)cn2)c1. The molecule has 0 bridgehead atoms. The lowest BCUT2D eigenvalue weighted by molar-refractivity contribution is -0.130. The van der Waals surface area contributed by atoms with Crippen LogP contribution >= 0.6 is 11.6 Å². The molecule has 1 amide bonds. The fourth-order valence-electron chi connectivity index (χ4n) is 3.11. The van der Waals surface area contributed by atoms with Gasteiger partial charge in [-0.1, -0.05) is 11.6 Å². The average molecular weight is 348 g/mol. The Morgan fingerprint density at radius 2 is 2.25 bits per heavy atom. The maximum atomic E-state index is 12.7. The number of nitrogens with zero attached hydrogens (tertiary/aromatic N) is 5. The first-order chi connectivity index (χ1) is 11.5. The summed E-state index contributed by atoms with van der Waals surface area (Å²) in [5.41, 5.74) is 1.14. The maximum absolute atomic E-state index is 12.7. The van der Waals surface area contributed by atoms with Crippen molar-refractivity contribution in [2.24, 2.45) is 0 Å². The summed E-state index contributed by atoms with van der Waals surface area (Å²) in [5, 5.41) is 4.93. The number of likely N-dealkylation sites (tertiary alicyclic amines) is 1. The van der Waals surface area contributed by atoms with Gasteiger partial charge in [0.1, 0.15) is 5.82 Å². The molecule has 2 aromatic rings. The highest BCUT2D eigenvalue weighted by atomic mass is 35.5. The zero-order chi connectivity index (χ0) is 17.1. The van der Waals surface area contributed by atoms with E-state index < -0.39 is 0 Å². The quantitative estimate of drug-likeness (QED) is 0.833. The van der Waals surface area contributed by atoms with Crippen molar-refractivity contribution in [3.8, 4) is 0 Å². The van der Waals surface area contributed by atoms with E-state index in [2.05, 4.69) is 10.1 Å². The van der Waals surface area contributed by atoms with Gasteiger partial charge >= 0.3 is 0 Å². The Hall–Kier alpha value is -2.08. The molecule has 1 fully saturated rings. The molecule has 3 rings (SSSR count). The van der Waals surface area contributed by atoms with Gasteiger partial charge in [-0.2, -0.15) is 5.10 Å². The Morgan fingerprint density at radius 1 is 1.42 bits per heavy atom. The third-order valence-electron chi connectivity index (χ3n) is 4.33. The summed E-state index contributed by atoms with van der Waals surface area (Å²) in [6.07, 6.45) is 7.52. The lowest BCUT2D eigenvalue weighted by atomic mass is 10.2. The molecule has 0 radical (unpaired) electrons. The number of rotatable bonds is 5. The Bertz CT molecular complexity index is 699. The van der Waals surface area contributed by atoms with Crippen LogP contribution in [0.1, 0.15) is 18.4 Å². The van der Waals surface area contributed by atoms with Gasteiger partial charge in [0.15, 0.2) is 0 Å². The van der Waals surface area contributed by atoms with Gasteiger partial charge < -0.3 is 9.80 Å². The molecule has 24 heavy (non-hydrogen) atoms. The monoisotopic (exact) mass is 347 g/mol. The molecule has 1 aliphatic rings. The smallest absolute Gasteiger partial charge is 0.242 e. The lowest BCUT2D eigenvalue weighted by Crippen LogP contribution is -2.43. The van der Waals surface area contributed by atoms with Crippen LogP contribution in [0.3, 0.4) is 0 Å². The first-order valence-corrected chi connectivity index (χ1v) is 8.52. The van der Waals surface area contributed by atoms with E-state index in [1.54, 1.807) is 12.3 Å². The summed E-state index contributed by atoms with van der Waals surface area (Å²) >= 11 is 5.86. The molecule has 128 valence electrons. The van der Waals surface area contributed by atoms with Gasteiger partial charge in [-0.05, 0) is 37.5 Å². The van der Waals surface area contributed by atoms with Crippen LogP contribution in [-0.2, 0) is 11.3 Å². The van der Waals surface area contributed by atoms with Crippen LogP contribution in [0.25, 0.3) is 0 Å². The van der Waals surface area contributed by atoms with Crippen LogP contribution in [-0.4, -0.2) is 51.8 Å². The van der Waals surface area contributed by atoms with Gasteiger partial charge in [-0.25, -0.2) is 4.98 Å². The van der Waals surface area contributed by atoms with Crippen LogP contribution in [0.5, 0.6) is 0 Å². The minimum Gasteiger partial charge on any atom is -0.350 e. The summed E-state index contributed by atoms with van der Waals surface area (Å²) in [6, 6.07) is 3.82. The van der Waals surface area contributed by atoms with Gasteiger partial charge in [0.05, 0.1) is 30.4 Å². The largest absolute Gasteiger partial charge is 0.350 e. The first-order valence-electron chi connectivity index (χ1n) is 8.14. The first kappa shape index (κ1) is 16.8.